The van der Waals surface area contributed by atoms with Gasteiger partial charge >= 0.3 is 0 Å². The Morgan fingerprint density at radius 1 is 1.03 bits per heavy atom. The Labute approximate surface area is 170 Å². The van der Waals surface area contributed by atoms with Crippen molar-refractivity contribution in [1.29, 1.82) is 0 Å². The second kappa shape index (κ2) is 7.76. The Bertz CT molecular complexity index is 1140. The Morgan fingerprint density at radius 2 is 1.93 bits per heavy atom. The van der Waals surface area contributed by atoms with Crippen molar-refractivity contribution < 1.29 is 5.11 Å². The van der Waals surface area contributed by atoms with E-state index < -0.39 is 0 Å². The molecule has 0 radical (unpaired) electrons. The van der Waals surface area contributed by atoms with Gasteiger partial charge in [-0.1, -0.05) is 37.1 Å². The van der Waals surface area contributed by atoms with Crippen LogP contribution < -0.4 is 0 Å². The lowest BCUT2D eigenvalue weighted by Crippen LogP contribution is -2.07. The van der Waals surface area contributed by atoms with E-state index in [1.54, 1.807) is 6.20 Å². The van der Waals surface area contributed by atoms with E-state index >= 15 is 0 Å². The van der Waals surface area contributed by atoms with E-state index in [1.807, 2.05) is 24.4 Å². The molecule has 146 valence electrons. The molecule has 0 unspecified atom stereocenters. The van der Waals surface area contributed by atoms with Crippen LogP contribution in [0.4, 0.5) is 0 Å². The lowest BCUT2D eigenvalue weighted by Gasteiger charge is -2.11. The minimum absolute atomic E-state index is 0.0833. The number of fused-ring (bicyclic) bond motifs is 1. The summed E-state index contributed by atoms with van der Waals surface area (Å²) in [5, 5.41) is 15.3. The van der Waals surface area contributed by atoms with E-state index in [0.717, 1.165) is 45.7 Å². The molecule has 0 spiro atoms. The van der Waals surface area contributed by atoms with Gasteiger partial charge in [0.15, 0.2) is 0 Å². The molecular weight excluding hydrogens is 360 g/mol. The van der Waals surface area contributed by atoms with Crippen molar-refractivity contribution in [3.05, 3.63) is 66.7 Å². The molecule has 29 heavy (non-hydrogen) atoms. The van der Waals surface area contributed by atoms with Gasteiger partial charge in [0.05, 0.1) is 29.7 Å². The van der Waals surface area contributed by atoms with E-state index in [1.165, 1.54) is 25.7 Å². The highest BCUT2D eigenvalue weighted by molar-refractivity contribution is 5.87. The lowest BCUT2D eigenvalue weighted by molar-refractivity contribution is 0.277. The topological polar surface area (TPSA) is 63.8 Å². The summed E-state index contributed by atoms with van der Waals surface area (Å²) in [5.74, 6) is 0.740. The van der Waals surface area contributed by atoms with Crippen molar-refractivity contribution in [2.45, 2.75) is 38.8 Å². The first-order valence-corrected chi connectivity index (χ1v) is 10.3. The van der Waals surface area contributed by atoms with Gasteiger partial charge in [-0.3, -0.25) is 9.67 Å². The Balaban J connectivity index is 1.55. The molecule has 3 heterocycles. The summed E-state index contributed by atoms with van der Waals surface area (Å²) in [7, 11) is 0. The lowest BCUT2D eigenvalue weighted by atomic mass is 10.00. The SMILES string of the molecule is OCc1ccc(-c2cnn(CC3CCCC3)c2)c(-c2ccc3cccnc3c2)n1. The average Bonchev–Trinajstić information content (AvgIpc) is 3.45. The zero-order valence-corrected chi connectivity index (χ0v) is 16.3. The van der Waals surface area contributed by atoms with Crippen molar-refractivity contribution in [2.75, 3.05) is 0 Å². The number of nitrogens with zero attached hydrogens (tertiary/aromatic N) is 4. The molecule has 3 aromatic heterocycles. The number of aliphatic hydroxyl groups excluding tert-OH is 1. The average molecular weight is 384 g/mol. The van der Waals surface area contributed by atoms with Crippen LogP contribution in [0.15, 0.2) is 61.1 Å². The van der Waals surface area contributed by atoms with Crippen LogP contribution in [0, 0.1) is 5.92 Å². The molecule has 0 saturated heterocycles. The summed E-state index contributed by atoms with van der Waals surface area (Å²) < 4.78 is 2.07. The van der Waals surface area contributed by atoms with Crippen LogP contribution in [0.25, 0.3) is 33.3 Å². The second-order valence-electron chi connectivity index (χ2n) is 7.87. The molecule has 1 N–H and O–H groups in total. The number of hydrogen-bond acceptors (Lipinski definition) is 4. The van der Waals surface area contributed by atoms with Gasteiger partial charge in [0.25, 0.3) is 0 Å². The van der Waals surface area contributed by atoms with Gasteiger partial charge in [-0.25, -0.2) is 4.98 Å². The van der Waals surface area contributed by atoms with E-state index in [9.17, 15) is 5.11 Å². The Morgan fingerprint density at radius 3 is 2.79 bits per heavy atom. The summed E-state index contributed by atoms with van der Waals surface area (Å²) in [4.78, 5) is 9.22. The van der Waals surface area contributed by atoms with Gasteiger partial charge < -0.3 is 5.11 Å². The monoisotopic (exact) mass is 384 g/mol. The number of aliphatic hydroxyl groups is 1. The van der Waals surface area contributed by atoms with Crippen LogP contribution in [-0.2, 0) is 13.2 Å². The zero-order chi connectivity index (χ0) is 19.6. The maximum atomic E-state index is 9.61. The fourth-order valence-corrected chi connectivity index (χ4v) is 4.31. The highest BCUT2D eigenvalue weighted by Crippen LogP contribution is 2.33. The minimum atomic E-state index is -0.0833. The van der Waals surface area contributed by atoms with Crippen molar-refractivity contribution >= 4 is 10.9 Å². The maximum absolute atomic E-state index is 9.61. The number of pyridine rings is 2. The highest BCUT2D eigenvalue weighted by Gasteiger charge is 2.17. The maximum Gasteiger partial charge on any atom is 0.0853 e. The first kappa shape index (κ1) is 18.0. The predicted octanol–water partition coefficient (Wildman–Crippen LogP) is 4.84. The van der Waals surface area contributed by atoms with Crippen molar-refractivity contribution in [2.24, 2.45) is 5.92 Å². The molecule has 0 amide bonds. The van der Waals surface area contributed by atoms with E-state index in [-0.39, 0.29) is 6.61 Å². The van der Waals surface area contributed by atoms with Crippen LogP contribution in [0.3, 0.4) is 0 Å². The fraction of sp³-hybridized carbons (Fsp3) is 0.292. The molecule has 1 saturated carbocycles. The fourth-order valence-electron chi connectivity index (χ4n) is 4.31. The minimum Gasteiger partial charge on any atom is -0.390 e. The molecule has 5 nitrogen and oxygen atoms in total. The summed E-state index contributed by atoms with van der Waals surface area (Å²) in [6.07, 6.45) is 11.1. The number of hydrogen-bond donors (Lipinski definition) is 1. The van der Waals surface area contributed by atoms with Crippen LogP contribution in [0.2, 0.25) is 0 Å². The third kappa shape index (κ3) is 3.66. The standard InChI is InChI=1S/C24H24N4O/c29-16-21-9-10-22(20-13-26-28(15-20)14-17-4-1-2-5-17)24(27-21)19-8-7-18-6-3-11-25-23(18)12-19/h3,6-13,15,17,29H,1-2,4-5,14,16H2. The second-order valence-corrected chi connectivity index (χ2v) is 7.87. The quantitative estimate of drug-likeness (QED) is 0.535. The molecule has 1 aromatic carbocycles. The molecule has 0 bridgehead atoms. The van der Waals surface area contributed by atoms with Crippen LogP contribution in [0.1, 0.15) is 31.4 Å². The molecule has 5 rings (SSSR count). The van der Waals surface area contributed by atoms with E-state index in [4.69, 9.17) is 4.98 Å². The molecule has 0 atom stereocenters. The first-order chi connectivity index (χ1) is 14.3. The third-order valence-corrected chi connectivity index (χ3v) is 5.86. The van der Waals surface area contributed by atoms with Gasteiger partial charge in [-0.05, 0) is 37.0 Å². The van der Waals surface area contributed by atoms with Crippen molar-refractivity contribution in [3.63, 3.8) is 0 Å². The zero-order valence-electron chi connectivity index (χ0n) is 16.3. The molecule has 4 aromatic rings. The molecule has 1 aliphatic carbocycles. The highest BCUT2D eigenvalue weighted by atomic mass is 16.3. The normalized spacial score (nSPS) is 14.7. The van der Waals surface area contributed by atoms with Gasteiger partial charge in [0.2, 0.25) is 0 Å². The Hall–Kier alpha value is -3.05. The van der Waals surface area contributed by atoms with E-state index in [2.05, 4.69) is 45.2 Å². The molecule has 0 aliphatic heterocycles. The van der Waals surface area contributed by atoms with Crippen molar-refractivity contribution in [3.8, 4) is 22.4 Å². The summed E-state index contributed by atoms with van der Waals surface area (Å²) in [6.45, 7) is 0.900. The van der Waals surface area contributed by atoms with Gasteiger partial charge in [-0.2, -0.15) is 5.10 Å². The summed E-state index contributed by atoms with van der Waals surface area (Å²) >= 11 is 0. The number of rotatable bonds is 5. The third-order valence-electron chi connectivity index (χ3n) is 5.86. The van der Waals surface area contributed by atoms with Crippen LogP contribution in [0.5, 0.6) is 0 Å². The van der Waals surface area contributed by atoms with Crippen LogP contribution >= 0.6 is 0 Å². The van der Waals surface area contributed by atoms with E-state index in [0.29, 0.717) is 5.69 Å². The molecular formula is C24H24N4O. The van der Waals surface area contributed by atoms with Gasteiger partial charge in [-0.15, -0.1) is 0 Å². The first-order valence-electron chi connectivity index (χ1n) is 10.3. The smallest absolute Gasteiger partial charge is 0.0853 e. The summed E-state index contributed by atoms with van der Waals surface area (Å²) in [5.41, 5.74) is 5.51. The van der Waals surface area contributed by atoms with Crippen molar-refractivity contribution in [1.82, 2.24) is 19.7 Å². The molecule has 1 fully saturated rings. The van der Waals surface area contributed by atoms with Crippen LogP contribution in [-0.4, -0.2) is 24.9 Å². The van der Waals surface area contributed by atoms with Gasteiger partial charge in [0, 0.05) is 41.0 Å². The molecule has 1 aliphatic rings. The number of benzene rings is 1. The number of aromatic nitrogens is 4. The predicted molar refractivity (Wildman–Crippen MR) is 114 cm³/mol. The van der Waals surface area contributed by atoms with Gasteiger partial charge in [0.1, 0.15) is 0 Å². The molecule has 5 heteroatoms. The Kier molecular flexibility index (Phi) is 4.82. The largest absolute Gasteiger partial charge is 0.390 e. The summed E-state index contributed by atoms with van der Waals surface area (Å²) in [6, 6.07) is 14.1.